The van der Waals surface area contributed by atoms with Gasteiger partial charge in [0.15, 0.2) is 11.5 Å². The van der Waals surface area contributed by atoms with Crippen LogP contribution >= 0.6 is 11.6 Å². The number of nitrogens with zero attached hydrogens (tertiary/aromatic N) is 5. The minimum atomic E-state index is -1.07. The van der Waals surface area contributed by atoms with Crippen molar-refractivity contribution in [3.8, 4) is 0 Å². The van der Waals surface area contributed by atoms with Gasteiger partial charge in [0.05, 0.1) is 18.0 Å². The van der Waals surface area contributed by atoms with E-state index in [1.165, 1.54) is 6.33 Å². The lowest BCUT2D eigenvalue weighted by Gasteiger charge is -2.42. The first-order chi connectivity index (χ1) is 17.4. The molecule has 3 heterocycles. The summed E-state index contributed by atoms with van der Waals surface area (Å²) in [5, 5.41) is 15.2. The fourth-order valence-corrected chi connectivity index (χ4v) is 4.62. The number of hydrogen-bond donors (Lipinski definition) is 2. The SMILES string of the molecule is C[C@@]1(O)CCN(C(=O)OCc2ccccc2)C[C@H]1n1cnc2c(NCc3ccccc3Cl)ncnc21. The van der Waals surface area contributed by atoms with Gasteiger partial charge in [0.1, 0.15) is 18.5 Å². The van der Waals surface area contributed by atoms with Gasteiger partial charge < -0.3 is 24.6 Å². The highest BCUT2D eigenvalue weighted by Crippen LogP contribution is 2.34. The van der Waals surface area contributed by atoms with Crippen molar-refractivity contribution in [2.45, 2.75) is 38.1 Å². The largest absolute Gasteiger partial charge is 0.445 e. The van der Waals surface area contributed by atoms with Crippen LogP contribution in [0.25, 0.3) is 11.2 Å². The molecule has 186 valence electrons. The number of piperidine rings is 1. The molecule has 1 aliphatic heterocycles. The minimum Gasteiger partial charge on any atom is -0.445 e. The number of halogens is 1. The summed E-state index contributed by atoms with van der Waals surface area (Å²) >= 11 is 6.28. The van der Waals surface area contributed by atoms with Gasteiger partial charge in [-0.1, -0.05) is 60.1 Å². The highest BCUT2D eigenvalue weighted by Gasteiger charge is 2.41. The number of aliphatic hydroxyl groups is 1. The molecule has 2 aromatic heterocycles. The Kier molecular flexibility index (Phi) is 6.75. The Bertz CT molecular complexity index is 1360. The van der Waals surface area contributed by atoms with Gasteiger partial charge in [-0.15, -0.1) is 0 Å². The maximum absolute atomic E-state index is 12.8. The third-order valence-corrected chi connectivity index (χ3v) is 6.93. The van der Waals surface area contributed by atoms with Crippen LogP contribution < -0.4 is 5.32 Å². The number of hydrogen-bond acceptors (Lipinski definition) is 7. The van der Waals surface area contributed by atoms with Crippen LogP contribution in [0, 0.1) is 0 Å². The van der Waals surface area contributed by atoms with Gasteiger partial charge in [0.25, 0.3) is 0 Å². The van der Waals surface area contributed by atoms with E-state index in [1.54, 1.807) is 18.2 Å². The second kappa shape index (κ2) is 10.1. The first-order valence-electron chi connectivity index (χ1n) is 11.8. The molecule has 1 amide bonds. The van der Waals surface area contributed by atoms with Gasteiger partial charge >= 0.3 is 6.09 Å². The molecule has 5 rings (SSSR count). The van der Waals surface area contributed by atoms with E-state index in [-0.39, 0.29) is 13.2 Å². The standard InChI is InChI=1S/C26H27ClN6O3/c1-26(35)11-12-32(25(34)36-15-18-7-3-2-4-8-18)14-21(26)33-17-31-22-23(29-16-30-24(22)33)28-13-19-9-5-6-10-20(19)27/h2-10,16-17,21,35H,11-15H2,1H3,(H,28,29,30)/t21-,26-/m1/s1. The summed E-state index contributed by atoms with van der Waals surface area (Å²) < 4.78 is 7.34. The number of likely N-dealkylation sites (tertiary alicyclic amines) is 1. The van der Waals surface area contributed by atoms with Crippen LogP contribution in [-0.2, 0) is 17.9 Å². The van der Waals surface area contributed by atoms with Crippen molar-refractivity contribution in [1.29, 1.82) is 0 Å². The van der Waals surface area contributed by atoms with Crippen molar-refractivity contribution in [1.82, 2.24) is 24.4 Å². The average Bonchev–Trinajstić information content (AvgIpc) is 3.32. The highest BCUT2D eigenvalue weighted by atomic mass is 35.5. The lowest BCUT2D eigenvalue weighted by molar-refractivity contribution is -0.0476. The smallest absolute Gasteiger partial charge is 0.410 e. The number of carbonyl (C=O) groups is 1. The Balaban J connectivity index is 1.34. The zero-order valence-corrected chi connectivity index (χ0v) is 20.6. The van der Waals surface area contributed by atoms with Gasteiger partial charge in [-0.05, 0) is 30.5 Å². The molecule has 0 bridgehead atoms. The van der Waals surface area contributed by atoms with E-state index in [1.807, 2.05) is 59.2 Å². The molecule has 2 aromatic carbocycles. The lowest BCUT2D eigenvalue weighted by atomic mass is 9.88. The van der Waals surface area contributed by atoms with Crippen LogP contribution in [0.5, 0.6) is 0 Å². The molecule has 2 atom stereocenters. The number of carbonyl (C=O) groups excluding carboxylic acids is 1. The molecule has 0 aliphatic carbocycles. The van der Waals surface area contributed by atoms with E-state index in [2.05, 4.69) is 20.3 Å². The highest BCUT2D eigenvalue weighted by molar-refractivity contribution is 6.31. The molecule has 0 spiro atoms. The number of benzene rings is 2. The second-order valence-electron chi connectivity index (χ2n) is 9.10. The van der Waals surface area contributed by atoms with Gasteiger partial charge in [-0.2, -0.15) is 0 Å². The molecule has 10 heteroatoms. The molecule has 0 radical (unpaired) electrons. The molecular formula is C26H27ClN6O3. The van der Waals surface area contributed by atoms with Crippen molar-refractivity contribution in [2.75, 3.05) is 18.4 Å². The Morgan fingerprint density at radius 2 is 1.94 bits per heavy atom. The van der Waals surface area contributed by atoms with Crippen LogP contribution in [0.15, 0.2) is 67.3 Å². The number of aromatic nitrogens is 4. The number of imidazole rings is 1. The Morgan fingerprint density at radius 1 is 1.17 bits per heavy atom. The Hall–Kier alpha value is -3.69. The lowest BCUT2D eigenvalue weighted by Crippen LogP contribution is -2.52. The van der Waals surface area contributed by atoms with Gasteiger partial charge in [-0.25, -0.2) is 19.7 Å². The monoisotopic (exact) mass is 506 g/mol. The number of nitrogens with one attached hydrogen (secondary N) is 1. The molecule has 36 heavy (non-hydrogen) atoms. The minimum absolute atomic E-state index is 0.193. The molecule has 1 fully saturated rings. The summed E-state index contributed by atoms with van der Waals surface area (Å²) in [6, 6.07) is 16.7. The van der Waals surface area contributed by atoms with Crippen LogP contribution in [-0.4, -0.2) is 54.3 Å². The third-order valence-electron chi connectivity index (χ3n) is 6.56. The Morgan fingerprint density at radius 3 is 2.75 bits per heavy atom. The quantitative estimate of drug-likeness (QED) is 0.398. The zero-order chi connectivity index (χ0) is 25.1. The fraction of sp³-hybridized carbons (Fsp3) is 0.308. The first-order valence-corrected chi connectivity index (χ1v) is 12.1. The molecule has 9 nitrogen and oxygen atoms in total. The van der Waals surface area contributed by atoms with Crippen molar-refractivity contribution in [2.24, 2.45) is 0 Å². The van der Waals surface area contributed by atoms with Gasteiger partial charge in [0.2, 0.25) is 0 Å². The maximum Gasteiger partial charge on any atom is 0.410 e. The van der Waals surface area contributed by atoms with Crippen molar-refractivity contribution in [3.05, 3.63) is 83.4 Å². The predicted octanol–water partition coefficient (Wildman–Crippen LogP) is 4.43. The summed E-state index contributed by atoms with van der Waals surface area (Å²) in [6.07, 6.45) is 3.07. The van der Waals surface area contributed by atoms with E-state index in [0.29, 0.717) is 41.5 Å². The van der Waals surface area contributed by atoms with Crippen LogP contribution in [0.4, 0.5) is 10.6 Å². The number of rotatable bonds is 6. The summed E-state index contributed by atoms with van der Waals surface area (Å²) in [6.45, 7) is 3.09. The zero-order valence-electron chi connectivity index (χ0n) is 19.8. The van der Waals surface area contributed by atoms with Crippen molar-refractivity contribution >= 4 is 34.7 Å². The van der Waals surface area contributed by atoms with E-state index < -0.39 is 17.7 Å². The topological polar surface area (TPSA) is 105 Å². The molecule has 2 N–H and O–H groups in total. The van der Waals surface area contributed by atoms with E-state index >= 15 is 0 Å². The summed E-state index contributed by atoms with van der Waals surface area (Å²) in [7, 11) is 0. The van der Waals surface area contributed by atoms with Crippen molar-refractivity contribution in [3.63, 3.8) is 0 Å². The van der Waals surface area contributed by atoms with E-state index in [0.717, 1.165) is 11.1 Å². The van der Waals surface area contributed by atoms with Crippen LogP contribution in [0.2, 0.25) is 5.02 Å². The van der Waals surface area contributed by atoms with Gasteiger partial charge in [0, 0.05) is 24.7 Å². The molecule has 1 aliphatic rings. The van der Waals surface area contributed by atoms with E-state index in [9.17, 15) is 9.90 Å². The fourth-order valence-electron chi connectivity index (χ4n) is 4.42. The second-order valence-corrected chi connectivity index (χ2v) is 9.51. The molecule has 1 saturated heterocycles. The predicted molar refractivity (Wildman–Crippen MR) is 137 cm³/mol. The van der Waals surface area contributed by atoms with Crippen molar-refractivity contribution < 1.29 is 14.6 Å². The van der Waals surface area contributed by atoms with E-state index in [4.69, 9.17) is 16.3 Å². The number of anilines is 1. The summed E-state index contributed by atoms with van der Waals surface area (Å²) in [5.41, 5.74) is 1.92. The Labute approximate surface area is 213 Å². The summed E-state index contributed by atoms with van der Waals surface area (Å²) in [4.78, 5) is 27.8. The first kappa shape index (κ1) is 24.0. The molecular weight excluding hydrogens is 480 g/mol. The normalized spacial score (nSPS) is 19.9. The summed E-state index contributed by atoms with van der Waals surface area (Å²) in [5.74, 6) is 0.563. The van der Waals surface area contributed by atoms with Gasteiger partial charge in [-0.3, -0.25) is 0 Å². The number of fused-ring (bicyclic) bond motifs is 1. The molecule has 0 unspecified atom stereocenters. The number of ether oxygens (including phenoxy) is 1. The maximum atomic E-state index is 12.8. The average molecular weight is 507 g/mol. The molecule has 4 aromatic rings. The van der Waals surface area contributed by atoms with Crippen LogP contribution in [0.3, 0.4) is 0 Å². The number of amides is 1. The van der Waals surface area contributed by atoms with Crippen LogP contribution in [0.1, 0.15) is 30.5 Å². The third kappa shape index (κ3) is 4.98. The molecule has 0 saturated carbocycles.